The van der Waals surface area contributed by atoms with Gasteiger partial charge in [-0.15, -0.1) is 0 Å². The van der Waals surface area contributed by atoms with Gasteiger partial charge in [-0.2, -0.15) is 8.42 Å². The fraction of sp³-hybridized carbons (Fsp3) is 0.208. The lowest BCUT2D eigenvalue weighted by Gasteiger charge is -2.24. The first-order valence-corrected chi connectivity index (χ1v) is 12.7. The number of para-hydroxylation sites is 1. The molecule has 0 aliphatic heterocycles. The standard InChI is InChI=1S/C24H23Cl2FN2O6S/c1-33-13-12-29(24(30)28-23-19(25)4-3-5-20(23)26)15-16-6-11-21(34-2)22(14-16)35-36(31,32)18-9-7-17(27)8-10-18/h3-11,14H,12-13,15H2,1-2H3,(H,28,30). The average Bonchev–Trinajstić information content (AvgIpc) is 2.84. The van der Waals surface area contributed by atoms with Gasteiger partial charge in [0.2, 0.25) is 0 Å². The summed E-state index contributed by atoms with van der Waals surface area (Å²) in [6.45, 7) is 0.511. The highest BCUT2D eigenvalue weighted by Gasteiger charge is 2.22. The molecule has 0 heterocycles. The van der Waals surface area contributed by atoms with Crippen LogP contribution in [0.1, 0.15) is 5.56 Å². The third-order valence-electron chi connectivity index (χ3n) is 4.95. The Hall–Kier alpha value is -3.05. The molecule has 0 atom stereocenters. The zero-order valence-electron chi connectivity index (χ0n) is 19.3. The summed E-state index contributed by atoms with van der Waals surface area (Å²) in [6, 6.07) is 13.2. The Balaban J connectivity index is 1.86. The quantitative estimate of drug-likeness (QED) is 0.327. The van der Waals surface area contributed by atoms with E-state index in [1.807, 2.05) is 0 Å². The predicted molar refractivity (Wildman–Crippen MR) is 135 cm³/mol. The van der Waals surface area contributed by atoms with Crippen LogP contribution in [0.4, 0.5) is 14.9 Å². The molecule has 0 fully saturated rings. The number of methoxy groups -OCH3 is 2. The average molecular weight is 557 g/mol. The number of amides is 2. The number of hydrogen-bond donors (Lipinski definition) is 1. The minimum absolute atomic E-state index is 0.0637. The first-order valence-electron chi connectivity index (χ1n) is 10.5. The lowest BCUT2D eigenvalue weighted by Crippen LogP contribution is -2.37. The molecule has 0 radical (unpaired) electrons. The van der Waals surface area contributed by atoms with E-state index in [0.717, 1.165) is 24.3 Å². The third kappa shape index (κ3) is 7.01. The van der Waals surface area contributed by atoms with Crippen molar-refractivity contribution in [3.63, 3.8) is 0 Å². The van der Waals surface area contributed by atoms with Gasteiger partial charge in [-0.3, -0.25) is 0 Å². The highest BCUT2D eigenvalue weighted by Crippen LogP contribution is 2.32. The Morgan fingerprint density at radius 1 is 1.00 bits per heavy atom. The lowest BCUT2D eigenvalue weighted by atomic mass is 10.2. The van der Waals surface area contributed by atoms with Crippen LogP contribution in [0.25, 0.3) is 0 Å². The van der Waals surface area contributed by atoms with E-state index >= 15 is 0 Å². The predicted octanol–water partition coefficient (Wildman–Crippen LogP) is 5.59. The molecule has 3 aromatic rings. The summed E-state index contributed by atoms with van der Waals surface area (Å²) in [5.74, 6) is -0.526. The Kier molecular flexibility index (Phi) is 9.38. The summed E-state index contributed by atoms with van der Waals surface area (Å²) in [6.07, 6.45) is 0. The largest absolute Gasteiger partial charge is 0.493 e. The van der Waals surface area contributed by atoms with Gasteiger partial charge in [-0.25, -0.2) is 9.18 Å². The van der Waals surface area contributed by atoms with E-state index in [0.29, 0.717) is 5.56 Å². The van der Waals surface area contributed by atoms with Crippen molar-refractivity contribution in [1.29, 1.82) is 0 Å². The molecule has 0 unspecified atom stereocenters. The molecule has 0 aromatic heterocycles. The van der Waals surface area contributed by atoms with Crippen LogP contribution in [-0.2, 0) is 21.4 Å². The van der Waals surface area contributed by atoms with Gasteiger partial charge in [-0.1, -0.05) is 35.3 Å². The molecule has 0 aliphatic carbocycles. The molecule has 3 rings (SSSR count). The van der Waals surface area contributed by atoms with Crippen molar-refractivity contribution >= 4 is 45.0 Å². The van der Waals surface area contributed by atoms with E-state index in [1.165, 1.54) is 31.3 Å². The summed E-state index contributed by atoms with van der Waals surface area (Å²) in [4.78, 5) is 14.2. The number of anilines is 1. The second-order valence-corrected chi connectivity index (χ2v) is 9.78. The second-order valence-electron chi connectivity index (χ2n) is 7.42. The third-order valence-corrected chi connectivity index (χ3v) is 6.83. The second kappa shape index (κ2) is 12.3. The summed E-state index contributed by atoms with van der Waals surface area (Å²) >= 11 is 12.3. The first-order chi connectivity index (χ1) is 17.1. The van der Waals surface area contributed by atoms with Crippen molar-refractivity contribution in [2.24, 2.45) is 0 Å². The Morgan fingerprint density at radius 3 is 2.28 bits per heavy atom. The van der Waals surface area contributed by atoms with Crippen LogP contribution in [0.3, 0.4) is 0 Å². The number of benzene rings is 3. The van der Waals surface area contributed by atoms with Crippen LogP contribution < -0.4 is 14.2 Å². The molecule has 1 N–H and O–H groups in total. The van der Waals surface area contributed by atoms with Gasteiger partial charge < -0.3 is 23.9 Å². The molecular weight excluding hydrogens is 534 g/mol. The number of carbonyl (C=O) groups excluding carboxylic acids is 1. The maximum atomic E-state index is 13.2. The van der Waals surface area contributed by atoms with Gasteiger partial charge >= 0.3 is 16.1 Å². The van der Waals surface area contributed by atoms with Gasteiger partial charge in [0.25, 0.3) is 0 Å². The molecule has 8 nitrogen and oxygen atoms in total. The first kappa shape index (κ1) is 27.5. The normalized spacial score (nSPS) is 11.1. The highest BCUT2D eigenvalue weighted by molar-refractivity contribution is 7.87. The van der Waals surface area contributed by atoms with Crippen LogP contribution in [-0.4, -0.2) is 46.7 Å². The summed E-state index contributed by atoms with van der Waals surface area (Å²) in [5, 5.41) is 3.24. The van der Waals surface area contributed by atoms with Crippen LogP contribution in [0, 0.1) is 5.82 Å². The minimum atomic E-state index is -4.28. The van der Waals surface area contributed by atoms with E-state index in [4.69, 9.17) is 36.9 Å². The summed E-state index contributed by atoms with van der Waals surface area (Å²) < 4.78 is 54.3. The minimum Gasteiger partial charge on any atom is -0.493 e. The number of nitrogens with zero attached hydrogens (tertiary/aromatic N) is 1. The maximum Gasteiger partial charge on any atom is 0.339 e. The van der Waals surface area contributed by atoms with E-state index in [2.05, 4.69) is 5.32 Å². The SMILES string of the molecule is COCCN(Cc1ccc(OC)c(OS(=O)(=O)c2ccc(F)cc2)c1)C(=O)Nc1c(Cl)cccc1Cl. The van der Waals surface area contributed by atoms with E-state index < -0.39 is 22.0 Å². The Bertz CT molecular complexity index is 1300. The Labute approximate surface area is 218 Å². The van der Waals surface area contributed by atoms with E-state index in [-0.39, 0.29) is 51.8 Å². The number of carbonyl (C=O) groups is 1. The lowest BCUT2D eigenvalue weighted by molar-refractivity contribution is 0.153. The molecule has 2 amide bonds. The maximum absolute atomic E-state index is 13.2. The van der Waals surface area contributed by atoms with Crippen LogP contribution in [0.2, 0.25) is 10.0 Å². The van der Waals surface area contributed by atoms with Crippen molar-refractivity contribution in [2.45, 2.75) is 11.4 Å². The number of nitrogens with one attached hydrogen (secondary N) is 1. The summed E-state index contributed by atoms with van der Waals surface area (Å²) in [7, 11) is -1.42. The molecule has 12 heteroatoms. The topological polar surface area (TPSA) is 94.2 Å². The number of hydrogen-bond acceptors (Lipinski definition) is 6. The van der Waals surface area contributed by atoms with Crippen LogP contribution in [0.5, 0.6) is 11.5 Å². The number of ether oxygens (including phenoxy) is 2. The Morgan fingerprint density at radius 2 is 1.67 bits per heavy atom. The number of halogens is 3. The van der Waals surface area contributed by atoms with Crippen LogP contribution >= 0.6 is 23.2 Å². The highest BCUT2D eigenvalue weighted by atomic mass is 35.5. The smallest absolute Gasteiger partial charge is 0.339 e. The summed E-state index contributed by atoms with van der Waals surface area (Å²) in [5.41, 5.74) is 0.800. The van der Waals surface area contributed by atoms with Gasteiger partial charge in [0.05, 0.1) is 29.4 Å². The molecule has 0 bridgehead atoms. The zero-order valence-corrected chi connectivity index (χ0v) is 21.7. The van der Waals surface area contributed by atoms with E-state index in [9.17, 15) is 17.6 Å². The molecule has 0 saturated heterocycles. The molecule has 192 valence electrons. The van der Waals surface area contributed by atoms with Crippen molar-refractivity contribution in [3.05, 3.63) is 82.1 Å². The molecular formula is C24H23Cl2FN2O6S. The molecule has 0 spiro atoms. The van der Waals surface area contributed by atoms with Gasteiger partial charge in [0.1, 0.15) is 10.7 Å². The fourth-order valence-corrected chi connectivity index (χ4v) is 4.55. The fourth-order valence-electron chi connectivity index (χ4n) is 3.13. The van der Waals surface area contributed by atoms with E-state index in [1.54, 1.807) is 24.3 Å². The monoisotopic (exact) mass is 556 g/mol. The van der Waals surface area contributed by atoms with Gasteiger partial charge in [0, 0.05) is 20.2 Å². The van der Waals surface area contributed by atoms with Crippen molar-refractivity contribution < 1.29 is 31.3 Å². The zero-order chi connectivity index (χ0) is 26.3. The number of rotatable bonds is 10. The number of urea groups is 1. The van der Waals surface area contributed by atoms with Crippen molar-refractivity contribution in [1.82, 2.24) is 4.90 Å². The van der Waals surface area contributed by atoms with Crippen LogP contribution in [0.15, 0.2) is 65.6 Å². The van der Waals surface area contributed by atoms with Crippen molar-refractivity contribution in [3.8, 4) is 11.5 Å². The molecule has 0 saturated carbocycles. The van der Waals surface area contributed by atoms with Crippen molar-refractivity contribution in [2.75, 3.05) is 32.7 Å². The van der Waals surface area contributed by atoms with Gasteiger partial charge in [0.15, 0.2) is 11.5 Å². The molecule has 36 heavy (non-hydrogen) atoms. The molecule has 3 aromatic carbocycles. The molecule has 0 aliphatic rings. The van der Waals surface area contributed by atoms with Gasteiger partial charge in [-0.05, 0) is 54.1 Å².